The summed E-state index contributed by atoms with van der Waals surface area (Å²) >= 11 is 10.7. The van der Waals surface area contributed by atoms with Gasteiger partial charge in [0.15, 0.2) is 5.92 Å². The number of hydrogen-bond donors (Lipinski definition) is 2. The summed E-state index contributed by atoms with van der Waals surface area (Å²) < 4.78 is 26.0. The Bertz CT molecular complexity index is 469. The molecular formula is C8H3Cl2F2NO4. The summed E-state index contributed by atoms with van der Waals surface area (Å²) in [5.74, 6) is -9.05. The molecule has 1 aromatic heterocycles. The highest BCUT2D eigenvalue weighted by Gasteiger charge is 2.35. The number of carboxylic acids is 2. The van der Waals surface area contributed by atoms with Crippen LogP contribution in [0.4, 0.5) is 8.78 Å². The van der Waals surface area contributed by atoms with Gasteiger partial charge in [0.2, 0.25) is 11.9 Å². The average molecular weight is 286 g/mol. The fourth-order valence-electron chi connectivity index (χ4n) is 1.11. The molecule has 0 amide bonds. The summed E-state index contributed by atoms with van der Waals surface area (Å²) in [4.78, 5) is 24.1. The Morgan fingerprint density at radius 1 is 1.06 bits per heavy atom. The second kappa shape index (κ2) is 4.80. The lowest BCUT2D eigenvalue weighted by atomic mass is 10.0. The molecule has 0 saturated heterocycles. The Kier molecular flexibility index (Phi) is 3.84. The van der Waals surface area contributed by atoms with E-state index in [1.165, 1.54) is 0 Å². The van der Waals surface area contributed by atoms with Crippen LogP contribution in [0.25, 0.3) is 0 Å². The molecule has 0 unspecified atom stereocenters. The fraction of sp³-hybridized carbons (Fsp3) is 0.125. The fourth-order valence-corrected chi connectivity index (χ4v) is 1.65. The van der Waals surface area contributed by atoms with Crippen molar-refractivity contribution in [2.75, 3.05) is 0 Å². The molecule has 1 rings (SSSR count). The van der Waals surface area contributed by atoms with Crippen molar-refractivity contribution >= 4 is 35.1 Å². The minimum Gasteiger partial charge on any atom is -0.480 e. The highest BCUT2D eigenvalue weighted by Crippen LogP contribution is 2.34. The second-order valence-corrected chi connectivity index (χ2v) is 3.60. The zero-order valence-electron chi connectivity index (χ0n) is 7.75. The van der Waals surface area contributed by atoms with Crippen molar-refractivity contribution in [1.29, 1.82) is 0 Å². The largest absolute Gasteiger partial charge is 0.480 e. The van der Waals surface area contributed by atoms with Gasteiger partial charge < -0.3 is 10.2 Å². The Balaban J connectivity index is 3.58. The number of halogens is 4. The van der Waals surface area contributed by atoms with Crippen molar-refractivity contribution in [2.24, 2.45) is 0 Å². The lowest BCUT2D eigenvalue weighted by Gasteiger charge is -2.12. The Morgan fingerprint density at radius 3 is 1.71 bits per heavy atom. The predicted molar refractivity (Wildman–Crippen MR) is 52.2 cm³/mol. The third kappa shape index (κ3) is 2.45. The lowest BCUT2D eigenvalue weighted by Crippen LogP contribution is -2.23. The van der Waals surface area contributed by atoms with E-state index in [1.54, 1.807) is 0 Å². The molecule has 0 aliphatic carbocycles. The Labute approximate surface area is 103 Å². The van der Waals surface area contributed by atoms with Gasteiger partial charge in [0.05, 0.1) is 0 Å². The van der Waals surface area contributed by atoms with Crippen molar-refractivity contribution < 1.29 is 28.6 Å². The van der Waals surface area contributed by atoms with Crippen molar-refractivity contribution in [3.63, 3.8) is 0 Å². The first-order valence-electron chi connectivity index (χ1n) is 3.92. The van der Waals surface area contributed by atoms with E-state index in [-0.39, 0.29) is 0 Å². The van der Waals surface area contributed by atoms with Gasteiger partial charge in [0.25, 0.3) is 0 Å². The summed E-state index contributed by atoms with van der Waals surface area (Å²) in [6.45, 7) is 0. The van der Waals surface area contributed by atoms with Crippen LogP contribution in [0.3, 0.4) is 0 Å². The topological polar surface area (TPSA) is 87.5 Å². The van der Waals surface area contributed by atoms with Crippen LogP contribution in [0, 0.1) is 11.9 Å². The molecule has 2 N–H and O–H groups in total. The molecule has 0 aromatic carbocycles. The van der Waals surface area contributed by atoms with Crippen molar-refractivity contribution in [3.8, 4) is 0 Å². The molecule has 5 nitrogen and oxygen atoms in total. The minimum absolute atomic E-state index is 0.877. The molecule has 1 aromatic rings. The van der Waals surface area contributed by atoms with E-state index >= 15 is 0 Å². The number of aliphatic carboxylic acids is 2. The maximum atomic E-state index is 13.0. The first kappa shape index (κ1) is 13.6. The summed E-state index contributed by atoms with van der Waals surface area (Å²) in [5.41, 5.74) is -0.877. The Hall–Kier alpha value is -1.47. The number of nitrogens with zero attached hydrogens (tertiary/aromatic N) is 1. The Morgan fingerprint density at radius 2 is 1.41 bits per heavy atom. The lowest BCUT2D eigenvalue weighted by molar-refractivity contribution is -0.150. The van der Waals surface area contributed by atoms with Crippen LogP contribution >= 0.6 is 23.2 Å². The normalized spacial score (nSPS) is 10.6. The predicted octanol–water partition coefficient (Wildman–Crippen LogP) is 1.92. The van der Waals surface area contributed by atoms with E-state index in [9.17, 15) is 18.4 Å². The van der Waals surface area contributed by atoms with Crippen LogP contribution in [-0.4, -0.2) is 27.1 Å². The first-order chi connectivity index (χ1) is 7.77. The van der Waals surface area contributed by atoms with Gasteiger partial charge in [-0.05, 0) is 0 Å². The van der Waals surface area contributed by atoms with Gasteiger partial charge in [-0.25, -0.2) is 0 Å². The molecule has 1 heterocycles. The van der Waals surface area contributed by atoms with Gasteiger partial charge in [0.1, 0.15) is 10.0 Å². The molecule has 0 atom stereocenters. The summed E-state index contributed by atoms with van der Waals surface area (Å²) in [5, 5.41) is 15.5. The minimum atomic E-state index is -2.28. The molecule has 0 bridgehead atoms. The zero-order valence-corrected chi connectivity index (χ0v) is 9.26. The molecular weight excluding hydrogens is 283 g/mol. The van der Waals surface area contributed by atoms with Crippen molar-refractivity contribution in [2.45, 2.75) is 5.92 Å². The summed E-state index contributed by atoms with van der Waals surface area (Å²) in [7, 11) is 0. The highest BCUT2D eigenvalue weighted by molar-refractivity contribution is 6.37. The van der Waals surface area contributed by atoms with Crippen molar-refractivity contribution in [3.05, 3.63) is 27.5 Å². The van der Waals surface area contributed by atoms with Gasteiger partial charge in [0, 0.05) is 5.56 Å². The quantitative estimate of drug-likeness (QED) is 0.654. The van der Waals surface area contributed by atoms with Crippen LogP contribution in [0.1, 0.15) is 11.5 Å². The summed E-state index contributed by atoms with van der Waals surface area (Å²) in [6.07, 6.45) is 0. The molecule has 0 aliphatic rings. The van der Waals surface area contributed by atoms with Crippen LogP contribution in [-0.2, 0) is 9.59 Å². The molecule has 0 fully saturated rings. The van der Waals surface area contributed by atoms with Crippen LogP contribution in [0.2, 0.25) is 10.0 Å². The van der Waals surface area contributed by atoms with Gasteiger partial charge in [-0.3, -0.25) is 9.59 Å². The van der Waals surface area contributed by atoms with E-state index < -0.39 is 45.4 Å². The SMILES string of the molecule is O=C(O)C(C(=O)O)c1c(Cl)c(F)nc(F)c1Cl. The standard InChI is InChI=1S/C8H3Cl2F2NO4/c9-3-1(2(7(14)15)8(16)17)4(10)6(12)13-5(3)11/h2H,(H,14,15)(H,16,17). The third-order valence-electron chi connectivity index (χ3n) is 1.81. The van der Waals surface area contributed by atoms with E-state index in [2.05, 4.69) is 4.98 Å². The number of rotatable bonds is 3. The van der Waals surface area contributed by atoms with E-state index in [1.807, 2.05) is 0 Å². The number of carboxylic acid groups (broad SMARTS) is 2. The molecule has 17 heavy (non-hydrogen) atoms. The van der Waals surface area contributed by atoms with Crippen LogP contribution in [0.15, 0.2) is 0 Å². The number of carbonyl (C=O) groups is 2. The molecule has 92 valence electrons. The molecule has 0 spiro atoms. The van der Waals surface area contributed by atoms with Crippen LogP contribution < -0.4 is 0 Å². The maximum absolute atomic E-state index is 13.0. The average Bonchev–Trinajstić information content (AvgIpc) is 2.20. The number of pyridine rings is 1. The van der Waals surface area contributed by atoms with Gasteiger partial charge >= 0.3 is 11.9 Å². The van der Waals surface area contributed by atoms with E-state index in [0.29, 0.717) is 0 Å². The summed E-state index contributed by atoms with van der Waals surface area (Å²) in [6, 6.07) is 0. The van der Waals surface area contributed by atoms with Crippen LogP contribution in [0.5, 0.6) is 0 Å². The number of aromatic nitrogens is 1. The van der Waals surface area contributed by atoms with E-state index in [0.717, 1.165) is 0 Å². The molecule has 0 saturated carbocycles. The van der Waals surface area contributed by atoms with E-state index in [4.69, 9.17) is 33.4 Å². The van der Waals surface area contributed by atoms with Gasteiger partial charge in [-0.1, -0.05) is 23.2 Å². The molecule has 0 radical (unpaired) electrons. The maximum Gasteiger partial charge on any atom is 0.322 e. The molecule has 0 aliphatic heterocycles. The third-order valence-corrected chi connectivity index (χ3v) is 2.53. The second-order valence-electron chi connectivity index (χ2n) is 2.84. The first-order valence-corrected chi connectivity index (χ1v) is 4.68. The van der Waals surface area contributed by atoms with Crippen molar-refractivity contribution in [1.82, 2.24) is 4.98 Å². The highest BCUT2D eigenvalue weighted by atomic mass is 35.5. The number of hydrogen-bond acceptors (Lipinski definition) is 3. The zero-order chi connectivity index (χ0) is 13.3. The van der Waals surface area contributed by atoms with Gasteiger partial charge in [-0.15, -0.1) is 0 Å². The van der Waals surface area contributed by atoms with Gasteiger partial charge in [-0.2, -0.15) is 13.8 Å². The smallest absolute Gasteiger partial charge is 0.322 e. The monoisotopic (exact) mass is 285 g/mol. The molecule has 9 heteroatoms.